The topological polar surface area (TPSA) is 70.6 Å². The Bertz CT molecular complexity index is 948. The molecule has 7 nitrogen and oxygen atoms in total. The third kappa shape index (κ3) is 4.05. The molecule has 0 radical (unpaired) electrons. The molecule has 1 amide bonds. The van der Waals surface area contributed by atoms with Crippen molar-refractivity contribution in [2.24, 2.45) is 0 Å². The summed E-state index contributed by atoms with van der Waals surface area (Å²) in [6.45, 7) is 4.24. The molecule has 2 aromatic rings. The van der Waals surface area contributed by atoms with E-state index in [0.29, 0.717) is 12.0 Å². The van der Waals surface area contributed by atoms with Crippen LogP contribution in [0.1, 0.15) is 59.4 Å². The largest absolute Gasteiger partial charge is 0.495 e. The van der Waals surface area contributed by atoms with Gasteiger partial charge >= 0.3 is 0 Å². The number of aryl methyl sites for hydroxylation is 1. The van der Waals surface area contributed by atoms with Gasteiger partial charge in [0.2, 0.25) is 11.9 Å². The highest BCUT2D eigenvalue weighted by Gasteiger charge is 2.41. The van der Waals surface area contributed by atoms with Gasteiger partial charge in [-0.3, -0.25) is 4.79 Å². The molecule has 1 aliphatic heterocycles. The number of carbonyl (C=O) groups excluding carboxylic acids is 1. The number of ether oxygens (including phenoxy) is 1. The Morgan fingerprint density at radius 1 is 1.26 bits per heavy atom. The Morgan fingerprint density at radius 3 is 2.71 bits per heavy atom. The minimum Gasteiger partial charge on any atom is -0.495 e. The third-order valence-corrected chi connectivity index (χ3v) is 6.46. The summed E-state index contributed by atoms with van der Waals surface area (Å²) >= 11 is 0. The molecule has 1 fully saturated rings. The predicted octanol–water partition coefficient (Wildman–Crippen LogP) is 4.93. The van der Waals surface area contributed by atoms with Crippen LogP contribution in [0.3, 0.4) is 0 Å². The molecule has 2 aliphatic rings. The van der Waals surface area contributed by atoms with Crippen LogP contribution >= 0.6 is 0 Å². The van der Waals surface area contributed by atoms with Crippen molar-refractivity contribution in [3.05, 3.63) is 30.0 Å². The molecule has 1 saturated carbocycles. The van der Waals surface area contributed by atoms with Crippen molar-refractivity contribution in [3.8, 4) is 5.75 Å². The minimum absolute atomic E-state index is 0. The van der Waals surface area contributed by atoms with E-state index >= 15 is 0 Å². The van der Waals surface area contributed by atoms with Crippen LogP contribution in [-0.2, 0) is 11.2 Å². The van der Waals surface area contributed by atoms with Crippen molar-refractivity contribution < 1.29 is 11.0 Å². The monoisotopic (exact) mass is 425 g/mol. The fourth-order valence-corrected chi connectivity index (χ4v) is 4.85. The number of nitrogens with one attached hydrogen (secondary N) is 1. The number of methoxy groups -OCH3 is 1. The van der Waals surface area contributed by atoms with Gasteiger partial charge in [0.1, 0.15) is 17.5 Å². The highest BCUT2D eigenvalue weighted by molar-refractivity contribution is 6.04. The summed E-state index contributed by atoms with van der Waals surface area (Å²) < 4.78 is 5.60. The number of benzene rings is 1. The van der Waals surface area contributed by atoms with E-state index in [0.717, 1.165) is 55.0 Å². The average Bonchev–Trinajstić information content (AvgIpc) is 3.31. The molecule has 0 unspecified atom stereocenters. The molecule has 1 N–H and O–H groups in total. The Kier molecular flexibility index (Phi) is 6.30. The van der Waals surface area contributed by atoms with Crippen LogP contribution < -0.4 is 19.9 Å². The van der Waals surface area contributed by atoms with Gasteiger partial charge in [-0.25, -0.2) is 4.98 Å². The van der Waals surface area contributed by atoms with Crippen LogP contribution in [0.2, 0.25) is 0 Å². The second kappa shape index (κ2) is 9.12. The summed E-state index contributed by atoms with van der Waals surface area (Å²) in [5.74, 6) is 2.26. The van der Waals surface area contributed by atoms with Crippen molar-refractivity contribution in [1.82, 2.24) is 9.97 Å². The standard InChI is InChI=1S/C24H33N5O2.H2/c1-5-9-16-12-13-18(21(14-16)31-4)26-24-25-15-20-22(27-24)29(17-10-7-8-11-17)19(6-2)23(30)28(20)3;/h12-15,17,19H,5-11H2,1-4H3,(H,25,26,27);1H/t19-;/m1./s1. The maximum Gasteiger partial charge on any atom is 0.249 e. The van der Waals surface area contributed by atoms with E-state index in [4.69, 9.17) is 9.72 Å². The minimum atomic E-state index is -0.175. The van der Waals surface area contributed by atoms with E-state index in [9.17, 15) is 4.79 Å². The van der Waals surface area contributed by atoms with Crippen molar-refractivity contribution in [1.29, 1.82) is 0 Å². The number of likely N-dealkylation sites (N-methyl/N-ethyl adjacent to an activating group) is 1. The molecule has 31 heavy (non-hydrogen) atoms. The first-order valence-electron chi connectivity index (χ1n) is 11.4. The number of rotatable bonds is 7. The van der Waals surface area contributed by atoms with E-state index in [1.54, 1.807) is 18.2 Å². The molecule has 168 valence electrons. The van der Waals surface area contributed by atoms with Gasteiger partial charge < -0.3 is 19.9 Å². The maximum atomic E-state index is 13.0. The zero-order valence-corrected chi connectivity index (χ0v) is 19.0. The van der Waals surface area contributed by atoms with Crippen LogP contribution in [0, 0.1) is 0 Å². The first kappa shape index (κ1) is 21.4. The molecule has 1 aromatic carbocycles. The maximum absolute atomic E-state index is 13.0. The second-order valence-electron chi connectivity index (χ2n) is 8.48. The molecule has 7 heteroatoms. The van der Waals surface area contributed by atoms with Gasteiger partial charge in [0, 0.05) is 14.5 Å². The van der Waals surface area contributed by atoms with Gasteiger partial charge in [-0.15, -0.1) is 0 Å². The number of fused-ring (bicyclic) bond motifs is 1. The van der Waals surface area contributed by atoms with Crippen LogP contribution in [0.15, 0.2) is 24.4 Å². The highest BCUT2D eigenvalue weighted by Crippen LogP contribution is 2.40. The molecule has 1 aromatic heterocycles. The van der Waals surface area contributed by atoms with Crippen LogP contribution in [0.4, 0.5) is 23.1 Å². The summed E-state index contributed by atoms with van der Waals surface area (Å²) in [7, 11) is 3.50. The first-order chi connectivity index (χ1) is 15.1. The van der Waals surface area contributed by atoms with Crippen LogP contribution in [-0.4, -0.2) is 42.1 Å². The molecular weight excluding hydrogens is 390 g/mol. The molecule has 0 saturated heterocycles. The average molecular weight is 426 g/mol. The van der Waals surface area contributed by atoms with Crippen LogP contribution in [0.25, 0.3) is 0 Å². The SMILES string of the molecule is CCCc1ccc(Nc2ncc3c(n2)N(C2CCCC2)[C@H](CC)C(=O)N3C)c(OC)c1.[HH]. The van der Waals surface area contributed by atoms with Gasteiger partial charge in [-0.2, -0.15) is 4.98 Å². The lowest BCUT2D eigenvalue weighted by atomic mass is 10.0. The summed E-state index contributed by atoms with van der Waals surface area (Å²) in [6, 6.07) is 6.37. The second-order valence-corrected chi connectivity index (χ2v) is 8.48. The normalized spacial score (nSPS) is 19.0. The van der Waals surface area contributed by atoms with E-state index in [-0.39, 0.29) is 13.4 Å². The number of amides is 1. The Balaban J connectivity index is 0.00000289. The number of anilines is 4. The molecular formula is C24H35N5O2. The van der Waals surface area contributed by atoms with Crippen LogP contribution in [0.5, 0.6) is 5.75 Å². The molecule has 1 aliphatic carbocycles. The smallest absolute Gasteiger partial charge is 0.249 e. The fourth-order valence-electron chi connectivity index (χ4n) is 4.85. The van der Waals surface area contributed by atoms with Crippen molar-refractivity contribution in [2.45, 2.75) is 70.9 Å². The fraction of sp³-hybridized carbons (Fsp3) is 0.542. The number of hydrogen-bond acceptors (Lipinski definition) is 6. The summed E-state index contributed by atoms with van der Waals surface area (Å²) in [5.41, 5.74) is 2.86. The number of hydrogen-bond donors (Lipinski definition) is 1. The highest BCUT2D eigenvalue weighted by atomic mass is 16.5. The zero-order valence-electron chi connectivity index (χ0n) is 19.0. The number of nitrogens with zero attached hydrogens (tertiary/aromatic N) is 4. The lowest BCUT2D eigenvalue weighted by molar-refractivity contribution is -0.120. The van der Waals surface area contributed by atoms with E-state index in [1.807, 2.05) is 13.1 Å². The van der Waals surface area contributed by atoms with Gasteiger partial charge in [0.05, 0.1) is 19.0 Å². The van der Waals surface area contributed by atoms with Gasteiger partial charge in [0.25, 0.3) is 0 Å². The zero-order chi connectivity index (χ0) is 22.0. The quantitative estimate of drug-likeness (QED) is 0.678. The van der Waals surface area contributed by atoms with Crippen molar-refractivity contribution in [2.75, 3.05) is 29.3 Å². The van der Waals surface area contributed by atoms with E-state index in [2.05, 4.69) is 41.2 Å². The molecule has 0 spiro atoms. The predicted molar refractivity (Wildman–Crippen MR) is 127 cm³/mol. The summed E-state index contributed by atoms with van der Waals surface area (Å²) in [5, 5.41) is 3.34. The summed E-state index contributed by atoms with van der Waals surface area (Å²) in [6.07, 6.45) is 9.24. The lowest BCUT2D eigenvalue weighted by Gasteiger charge is -2.43. The lowest BCUT2D eigenvalue weighted by Crippen LogP contribution is -2.55. The Hall–Kier alpha value is -2.83. The Labute approximate surface area is 186 Å². The first-order valence-corrected chi connectivity index (χ1v) is 11.4. The molecule has 1 atom stereocenters. The molecule has 0 bridgehead atoms. The summed E-state index contributed by atoms with van der Waals surface area (Å²) in [4.78, 5) is 26.4. The van der Waals surface area contributed by atoms with E-state index < -0.39 is 0 Å². The molecule has 2 heterocycles. The van der Waals surface area contributed by atoms with Gasteiger partial charge in [0.15, 0.2) is 5.82 Å². The van der Waals surface area contributed by atoms with Crippen molar-refractivity contribution >= 4 is 29.0 Å². The Morgan fingerprint density at radius 2 is 2.03 bits per heavy atom. The van der Waals surface area contributed by atoms with Gasteiger partial charge in [-0.05, 0) is 43.4 Å². The number of carbonyl (C=O) groups is 1. The van der Waals surface area contributed by atoms with E-state index in [1.165, 1.54) is 18.4 Å². The van der Waals surface area contributed by atoms with Gasteiger partial charge in [-0.1, -0.05) is 39.2 Å². The third-order valence-electron chi connectivity index (χ3n) is 6.46. The molecule has 4 rings (SSSR count). The van der Waals surface area contributed by atoms with Crippen molar-refractivity contribution in [3.63, 3.8) is 0 Å². The number of aromatic nitrogens is 2.